The summed E-state index contributed by atoms with van der Waals surface area (Å²) < 4.78 is 6.09. The lowest BCUT2D eigenvalue weighted by Crippen LogP contribution is -2.38. The predicted octanol–water partition coefficient (Wildman–Crippen LogP) is 3.88. The van der Waals surface area contributed by atoms with Crippen LogP contribution in [-0.4, -0.2) is 10.7 Å². The zero-order chi connectivity index (χ0) is 12.3. The molecule has 1 fully saturated rings. The number of benzene rings is 1. The number of aromatic hydroxyl groups is 1. The minimum absolute atomic E-state index is 0.0273. The van der Waals surface area contributed by atoms with Gasteiger partial charge in [0.15, 0.2) is 0 Å². The fraction of sp³-hybridized carbons (Fsp3) is 0.600. The number of phenolic OH excluding ortho intramolecular Hbond substituents is 1. The molecule has 17 heavy (non-hydrogen) atoms. The second-order valence-electron chi connectivity index (χ2n) is 5.38. The van der Waals surface area contributed by atoms with Crippen molar-refractivity contribution >= 4 is 0 Å². The van der Waals surface area contributed by atoms with Gasteiger partial charge in [0.1, 0.15) is 5.75 Å². The molecular formula is C15H22O2. The zero-order valence-corrected chi connectivity index (χ0v) is 10.8. The molecule has 2 heteroatoms. The Balaban J connectivity index is 1.99. The zero-order valence-electron chi connectivity index (χ0n) is 10.8. The summed E-state index contributed by atoms with van der Waals surface area (Å²) in [5.41, 5.74) is 0.854. The Labute approximate surface area is 104 Å². The summed E-state index contributed by atoms with van der Waals surface area (Å²) in [7, 11) is 0. The van der Waals surface area contributed by atoms with Crippen LogP contribution in [-0.2, 0) is 11.3 Å². The topological polar surface area (TPSA) is 29.5 Å². The average molecular weight is 234 g/mol. The largest absolute Gasteiger partial charge is 0.508 e. The quantitative estimate of drug-likeness (QED) is 0.860. The standard InChI is InChI=1S/C15H22O2/c1-12-7-5-6-10-15(12,2)17-11-13-8-3-4-9-14(13)16/h3-4,8-9,12,16H,5-7,10-11H2,1-2H3. The number of hydrogen-bond donors (Lipinski definition) is 1. The van der Waals surface area contributed by atoms with E-state index in [9.17, 15) is 5.11 Å². The number of phenols is 1. The highest BCUT2D eigenvalue weighted by molar-refractivity contribution is 5.31. The van der Waals surface area contributed by atoms with Crippen molar-refractivity contribution in [1.29, 1.82) is 0 Å². The molecule has 0 amide bonds. The summed E-state index contributed by atoms with van der Waals surface area (Å²) in [5, 5.41) is 9.71. The van der Waals surface area contributed by atoms with Crippen LogP contribution in [0.1, 0.15) is 45.1 Å². The summed E-state index contributed by atoms with van der Waals surface area (Å²) in [5.74, 6) is 0.932. The molecule has 94 valence electrons. The Hall–Kier alpha value is -1.02. The van der Waals surface area contributed by atoms with Gasteiger partial charge in [-0.05, 0) is 31.7 Å². The first kappa shape index (κ1) is 12.4. The molecule has 0 aromatic heterocycles. The maximum atomic E-state index is 9.71. The SMILES string of the molecule is CC1CCCCC1(C)OCc1ccccc1O. The van der Waals surface area contributed by atoms with E-state index < -0.39 is 0 Å². The second kappa shape index (κ2) is 5.09. The highest BCUT2D eigenvalue weighted by atomic mass is 16.5. The smallest absolute Gasteiger partial charge is 0.121 e. The third-order valence-corrected chi connectivity index (χ3v) is 4.15. The Morgan fingerprint density at radius 1 is 1.35 bits per heavy atom. The van der Waals surface area contributed by atoms with Crippen LogP contribution >= 0.6 is 0 Å². The van der Waals surface area contributed by atoms with Crippen LogP contribution in [0.15, 0.2) is 24.3 Å². The number of hydrogen-bond acceptors (Lipinski definition) is 2. The Morgan fingerprint density at radius 3 is 2.82 bits per heavy atom. The lowest BCUT2D eigenvalue weighted by atomic mass is 9.77. The molecule has 2 unspecified atom stereocenters. The van der Waals surface area contributed by atoms with E-state index in [0.717, 1.165) is 12.0 Å². The van der Waals surface area contributed by atoms with Gasteiger partial charge in [0.05, 0.1) is 12.2 Å². The van der Waals surface area contributed by atoms with E-state index in [4.69, 9.17) is 4.74 Å². The van der Waals surface area contributed by atoms with Crippen LogP contribution in [0.25, 0.3) is 0 Å². The minimum Gasteiger partial charge on any atom is -0.508 e. The fourth-order valence-corrected chi connectivity index (χ4v) is 2.57. The van der Waals surface area contributed by atoms with Gasteiger partial charge in [-0.1, -0.05) is 38.0 Å². The van der Waals surface area contributed by atoms with Gasteiger partial charge in [0, 0.05) is 5.56 Å². The molecule has 0 spiro atoms. The molecule has 2 nitrogen and oxygen atoms in total. The summed E-state index contributed by atoms with van der Waals surface area (Å²) >= 11 is 0. The van der Waals surface area contributed by atoms with Gasteiger partial charge in [-0.2, -0.15) is 0 Å². The van der Waals surface area contributed by atoms with Crippen LogP contribution in [0.5, 0.6) is 5.75 Å². The Morgan fingerprint density at radius 2 is 2.12 bits per heavy atom. The maximum absolute atomic E-state index is 9.71. The first-order chi connectivity index (χ1) is 8.12. The van der Waals surface area contributed by atoms with E-state index in [1.165, 1.54) is 19.3 Å². The monoisotopic (exact) mass is 234 g/mol. The van der Waals surface area contributed by atoms with Crippen molar-refractivity contribution in [2.45, 2.75) is 51.7 Å². The minimum atomic E-state index is -0.0273. The number of ether oxygens (including phenoxy) is 1. The van der Waals surface area contributed by atoms with Crippen molar-refractivity contribution in [1.82, 2.24) is 0 Å². The van der Waals surface area contributed by atoms with Crippen molar-refractivity contribution < 1.29 is 9.84 Å². The molecule has 0 heterocycles. The first-order valence-corrected chi connectivity index (χ1v) is 6.53. The molecular weight excluding hydrogens is 212 g/mol. The molecule has 0 radical (unpaired) electrons. The molecule has 0 saturated heterocycles. The van der Waals surface area contributed by atoms with Crippen LogP contribution in [0.3, 0.4) is 0 Å². The van der Waals surface area contributed by atoms with Crippen LogP contribution in [0, 0.1) is 5.92 Å². The Bertz CT molecular complexity index is 375. The van der Waals surface area contributed by atoms with Gasteiger partial charge < -0.3 is 9.84 Å². The van der Waals surface area contributed by atoms with Crippen LogP contribution < -0.4 is 0 Å². The van der Waals surface area contributed by atoms with Gasteiger partial charge in [-0.15, -0.1) is 0 Å². The van der Waals surface area contributed by atoms with E-state index in [-0.39, 0.29) is 5.60 Å². The van der Waals surface area contributed by atoms with Crippen LogP contribution in [0.2, 0.25) is 0 Å². The summed E-state index contributed by atoms with van der Waals surface area (Å²) in [4.78, 5) is 0. The predicted molar refractivity (Wildman–Crippen MR) is 68.9 cm³/mol. The summed E-state index contributed by atoms with van der Waals surface area (Å²) in [6.07, 6.45) is 4.94. The van der Waals surface area contributed by atoms with E-state index in [0.29, 0.717) is 18.3 Å². The summed E-state index contributed by atoms with van der Waals surface area (Å²) in [6, 6.07) is 7.41. The molecule has 1 aliphatic carbocycles. The average Bonchev–Trinajstić information content (AvgIpc) is 2.32. The Kier molecular flexibility index (Phi) is 3.72. The third kappa shape index (κ3) is 2.81. The van der Waals surface area contributed by atoms with Crippen molar-refractivity contribution in [2.75, 3.05) is 0 Å². The maximum Gasteiger partial charge on any atom is 0.121 e. The van der Waals surface area contributed by atoms with Gasteiger partial charge in [0.2, 0.25) is 0 Å². The molecule has 1 aromatic rings. The van der Waals surface area contributed by atoms with Crippen LogP contribution in [0.4, 0.5) is 0 Å². The van der Waals surface area contributed by atoms with Gasteiger partial charge >= 0.3 is 0 Å². The van der Waals surface area contributed by atoms with Gasteiger partial charge in [-0.25, -0.2) is 0 Å². The van der Waals surface area contributed by atoms with E-state index in [1.807, 2.05) is 18.2 Å². The fourth-order valence-electron chi connectivity index (χ4n) is 2.57. The van der Waals surface area contributed by atoms with E-state index in [2.05, 4.69) is 13.8 Å². The molecule has 2 atom stereocenters. The molecule has 0 aliphatic heterocycles. The van der Waals surface area contributed by atoms with Crippen molar-refractivity contribution in [3.8, 4) is 5.75 Å². The van der Waals surface area contributed by atoms with Gasteiger partial charge in [0.25, 0.3) is 0 Å². The van der Waals surface area contributed by atoms with Crippen molar-refractivity contribution in [3.05, 3.63) is 29.8 Å². The third-order valence-electron chi connectivity index (χ3n) is 4.15. The number of rotatable bonds is 3. The lowest BCUT2D eigenvalue weighted by molar-refractivity contribution is -0.0998. The number of para-hydroxylation sites is 1. The van der Waals surface area contributed by atoms with Crippen molar-refractivity contribution in [3.63, 3.8) is 0 Å². The molecule has 1 aromatic carbocycles. The molecule has 2 rings (SSSR count). The highest BCUT2D eigenvalue weighted by Crippen LogP contribution is 2.37. The molecule has 1 aliphatic rings. The molecule has 1 saturated carbocycles. The lowest BCUT2D eigenvalue weighted by Gasteiger charge is -2.39. The van der Waals surface area contributed by atoms with E-state index in [1.54, 1.807) is 6.07 Å². The van der Waals surface area contributed by atoms with Gasteiger partial charge in [-0.3, -0.25) is 0 Å². The second-order valence-corrected chi connectivity index (χ2v) is 5.38. The normalized spacial score (nSPS) is 29.2. The molecule has 0 bridgehead atoms. The first-order valence-electron chi connectivity index (χ1n) is 6.53. The van der Waals surface area contributed by atoms with E-state index >= 15 is 0 Å². The van der Waals surface area contributed by atoms with Crippen molar-refractivity contribution in [2.24, 2.45) is 5.92 Å². The molecule has 1 N–H and O–H groups in total. The highest BCUT2D eigenvalue weighted by Gasteiger charge is 2.34. The summed E-state index contributed by atoms with van der Waals surface area (Å²) in [6.45, 7) is 4.98.